The van der Waals surface area contributed by atoms with Crippen molar-refractivity contribution < 1.29 is 23.1 Å². The minimum Gasteiger partial charge on any atom is -0.482 e. The molecule has 0 fully saturated rings. The van der Waals surface area contributed by atoms with Crippen LogP contribution in [0.5, 0.6) is 5.75 Å². The van der Waals surface area contributed by atoms with Gasteiger partial charge in [-0.05, 0) is 66.2 Å². The van der Waals surface area contributed by atoms with Gasteiger partial charge in [-0.25, -0.2) is 13.2 Å². The Kier molecular flexibility index (Phi) is 5.88. The van der Waals surface area contributed by atoms with E-state index >= 15 is 0 Å². The molecule has 0 saturated heterocycles. The average molecular weight is 459 g/mol. The lowest BCUT2D eigenvalue weighted by atomic mass is 10.1. The highest BCUT2D eigenvalue weighted by atomic mass is 32.2. The Hall–Kier alpha value is -3.04. The molecule has 0 atom stereocenters. The number of carboxylic acids is 1. The number of carboxylic acid groups (broad SMARTS) is 1. The maximum atomic E-state index is 13.1. The molecule has 2 aromatic carbocycles. The molecule has 162 valence electrons. The number of fused-ring (bicyclic) bond motifs is 1. The highest BCUT2D eigenvalue weighted by molar-refractivity contribution is 7.92. The zero-order chi connectivity index (χ0) is 22.0. The van der Waals surface area contributed by atoms with Crippen LogP contribution in [0.1, 0.15) is 16.0 Å². The summed E-state index contributed by atoms with van der Waals surface area (Å²) in [7, 11) is -3.84. The van der Waals surface area contributed by atoms with Crippen molar-refractivity contribution in [1.82, 2.24) is 0 Å². The fraction of sp³-hybridized carbons (Fsp3) is 0.227. The van der Waals surface area contributed by atoms with E-state index in [4.69, 9.17) is 9.84 Å². The van der Waals surface area contributed by atoms with Gasteiger partial charge in [0.1, 0.15) is 5.75 Å². The molecule has 2 N–H and O–H groups in total. The number of nitrogens with zero attached hydrogens (tertiary/aromatic N) is 1. The zero-order valence-electron chi connectivity index (χ0n) is 16.9. The van der Waals surface area contributed by atoms with Crippen LogP contribution in [0.3, 0.4) is 0 Å². The van der Waals surface area contributed by atoms with Gasteiger partial charge in [0.05, 0.1) is 16.3 Å². The molecule has 0 unspecified atom stereocenters. The highest BCUT2D eigenvalue weighted by Gasteiger charge is 2.22. The van der Waals surface area contributed by atoms with E-state index in [0.717, 1.165) is 25.2 Å². The standard InChI is InChI=1S/C22H22N2O5S2/c1-15-12-17(6-7-20(15)29-14-22(25)26)31(27,28)23-18-4-2-3-5-19(18)24-10-8-21-16(13-24)9-11-30-21/h2-7,9,11-12,23H,8,10,13-14H2,1H3,(H,25,26). The lowest BCUT2D eigenvalue weighted by Gasteiger charge is -2.30. The molecule has 1 aliphatic rings. The Morgan fingerprint density at radius 3 is 2.81 bits per heavy atom. The van der Waals surface area contributed by atoms with Crippen molar-refractivity contribution in [2.75, 3.05) is 22.8 Å². The normalized spacial score (nSPS) is 13.5. The molecule has 0 spiro atoms. The molecule has 9 heteroatoms. The van der Waals surface area contributed by atoms with Crippen molar-refractivity contribution in [2.45, 2.75) is 24.8 Å². The van der Waals surface area contributed by atoms with Crippen LogP contribution < -0.4 is 14.4 Å². The lowest BCUT2D eigenvalue weighted by molar-refractivity contribution is -0.139. The summed E-state index contributed by atoms with van der Waals surface area (Å²) in [6, 6.07) is 13.9. The van der Waals surface area contributed by atoms with Crippen molar-refractivity contribution in [1.29, 1.82) is 0 Å². The number of carbonyl (C=O) groups is 1. The molecule has 0 amide bonds. The number of aryl methyl sites for hydroxylation is 1. The smallest absolute Gasteiger partial charge is 0.341 e. The first kappa shape index (κ1) is 21.2. The van der Waals surface area contributed by atoms with E-state index in [1.54, 1.807) is 30.4 Å². The van der Waals surface area contributed by atoms with Crippen LogP contribution in [0.2, 0.25) is 0 Å². The summed E-state index contributed by atoms with van der Waals surface area (Å²) in [4.78, 5) is 14.3. The van der Waals surface area contributed by atoms with Crippen LogP contribution in [0.25, 0.3) is 0 Å². The number of aliphatic carboxylic acids is 1. The largest absolute Gasteiger partial charge is 0.482 e. The quantitative estimate of drug-likeness (QED) is 0.558. The summed E-state index contributed by atoms with van der Waals surface area (Å²) in [5.74, 6) is -0.761. The highest BCUT2D eigenvalue weighted by Crippen LogP contribution is 2.33. The lowest BCUT2D eigenvalue weighted by Crippen LogP contribution is -2.30. The second kappa shape index (κ2) is 8.60. The fourth-order valence-electron chi connectivity index (χ4n) is 3.58. The number of hydrogen-bond donors (Lipinski definition) is 2. The van der Waals surface area contributed by atoms with E-state index in [2.05, 4.69) is 21.1 Å². The molecule has 4 rings (SSSR count). The van der Waals surface area contributed by atoms with E-state index in [1.165, 1.54) is 28.6 Å². The van der Waals surface area contributed by atoms with E-state index in [-0.39, 0.29) is 4.90 Å². The van der Waals surface area contributed by atoms with E-state index in [0.29, 0.717) is 17.0 Å². The predicted octanol–water partition coefficient (Wildman–Crippen LogP) is 3.88. The first-order valence-corrected chi connectivity index (χ1v) is 12.1. The molecule has 3 aromatic rings. The molecule has 7 nitrogen and oxygen atoms in total. The second-order valence-electron chi connectivity index (χ2n) is 7.27. The maximum absolute atomic E-state index is 13.1. The summed E-state index contributed by atoms with van der Waals surface area (Å²) >= 11 is 1.76. The van der Waals surface area contributed by atoms with Crippen molar-refractivity contribution >= 4 is 38.7 Å². The minimum absolute atomic E-state index is 0.0845. The molecule has 1 aromatic heterocycles. The molecular formula is C22H22N2O5S2. The van der Waals surface area contributed by atoms with Gasteiger partial charge in [-0.2, -0.15) is 0 Å². The Morgan fingerprint density at radius 1 is 1.23 bits per heavy atom. The van der Waals surface area contributed by atoms with Gasteiger partial charge >= 0.3 is 5.97 Å². The first-order valence-electron chi connectivity index (χ1n) is 9.71. The van der Waals surface area contributed by atoms with Crippen molar-refractivity contribution in [3.63, 3.8) is 0 Å². The van der Waals surface area contributed by atoms with Crippen LogP contribution in [-0.4, -0.2) is 32.6 Å². The SMILES string of the molecule is Cc1cc(S(=O)(=O)Nc2ccccc2N2CCc3sccc3C2)ccc1OCC(=O)O. The maximum Gasteiger partial charge on any atom is 0.341 e. The van der Waals surface area contributed by atoms with Gasteiger partial charge in [-0.15, -0.1) is 11.3 Å². The molecule has 0 saturated carbocycles. The van der Waals surface area contributed by atoms with E-state index in [9.17, 15) is 13.2 Å². The second-order valence-corrected chi connectivity index (χ2v) is 9.96. The van der Waals surface area contributed by atoms with E-state index < -0.39 is 22.6 Å². The molecular weight excluding hydrogens is 436 g/mol. The van der Waals surface area contributed by atoms with Crippen LogP contribution in [0.15, 0.2) is 58.8 Å². The number of nitrogens with one attached hydrogen (secondary N) is 1. The van der Waals surface area contributed by atoms with Gasteiger partial charge in [0, 0.05) is 18.0 Å². The number of hydrogen-bond acceptors (Lipinski definition) is 6. The number of thiophene rings is 1. The molecule has 2 heterocycles. The third-order valence-electron chi connectivity index (χ3n) is 5.10. The molecule has 0 bridgehead atoms. The fourth-order valence-corrected chi connectivity index (χ4v) is 5.63. The van der Waals surface area contributed by atoms with Crippen molar-refractivity contribution in [3.05, 3.63) is 69.9 Å². The zero-order valence-corrected chi connectivity index (χ0v) is 18.5. The Morgan fingerprint density at radius 2 is 2.03 bits per heavy atom. The summed E-state index contributed by atoms with van der Waals surface area (Å²) in [5.41, 5.74) is 3.17. The monoisotopic (exact) mass is 458 g/mol. The van der Waals surface area contributed by atoms with Crippen LogP contribution >= 0.6 is 11.3 Å². The topological polar surface area (TPSA) is 95.9 Å². The summed E-state index contributed by atoms with van der Waals surface area (Å²) in [6.45, 7) is 2.75. The molecule has 0 radical (unpaired) electrons. The Balaban J connectivity index is 1.57. The number of sulfonamides is 1. The third kappa shape index (κ3) is 4.67. The number of para-hydroxylation sites is 2. The van der Waals surface area contributed by atoms with Crippen LogP contribution in [-0.2, 0) is 27.8 Å². The average Bonchev–Trinajstić information content (AvgIpc) is 3.20. The predicted molar refractivity (Wildman–Crippen MR) is 121 cm³/mol. The van der Waals surface area contributed by atoms with Crippen LogP contribution in [0, 0.1) is 6.92 Å². The number of anilines is 2. The van der Waals surface area contributed by atoms with Gasteiger partial charge < -0.3 is 14.7 Å². The Bertz CT molecular complexity index is 1220. The third-order valence-corrected chi connectivity index (χ3v) is 7.49. The van der Waals surface area contributed by atoms with Crippen molar-refractivity contribution in [3.8, 4) is 5.75 Å². The molecule has 1 aliphatic heterocycles. The van der Waals surface area contributed by atoms with Gasteiger partial charge in [-0.1, -0.05) is 12.1 Å². The number of benzene rings is 2. The van der Waals surface area contributed by atoms with Crippen LogP contribution in [0.4, 0.5) is 11.4 Å². The van der Waals surface area contributed by atoms with Gasteiger partial charge in [-0.3, -0.25) is 4.72 Å². The molecule has 31 heavy (non-hydrogen) atoms. The Labute approximate surface area is 185 Å². The summed E-state index contributed by atoms with van der Waals surface area (Å²) < 4.78 is 34.0. The number of rotatable bonds is 7. The minimum atomic E-state index is -3.84. The molecule has 0 aliphatic carbocycles. The van der Waals surface area contributed by atoms with Gasteiger partial charge in [0.15, 0.2) is 6.61 Å². The first-order chi connectivity index (χ1) is 14.8. The van der Waals surface area contributed by atoms with E-state index in [1.807, 2.05) is 12.1 Å². The van der Waals surface area contributed by atoms with Gasteiger partial charge in [0.2, 0.25) is 0 Å². The number of ether oxygens (including phenoxy) is 1. The summed E-state index contributed by atoms with van der Waals surface area (Å²) in [5, 5.41) is 10.8. The summed E-state index contributed by atoms with van der Waals surface area (Å²) in [6.07, 6.45) is 0.936. The van der Waals surface area contributed by atoms with Crippen molar-refractivity contribution in [2.24, 2.45) is 0 Å². The van der Waals surface area contributed by atoms with Gasteiger partial charge in [0.25, 0.3) is 10.0 Å².